The van der Waals surface area contributed by atoms with Gasteiger partial charge in [-0.2, -0.15) is 0 Å². The summed E-state index contributed by atoms with van der Waals surface area (Å²) in [5.74, 6) is 1.45. The summed E-state index contributed by atoms with van der Waals surface area (Å²) in [4.78, 5) is 15.7. The highest BCUT2D eigenvalue weighted by atomic mass is 32.2. The molecule has 2 N–H and O–H groups in total. The van der Waals surface area contributed by atoms with E-state index in [9.17, 15) is 9.00 Å². The Morgan fingerprint density at radius 2 is 2.04 bits per heavy atom. The van der Waals surface area contributed by atoms with Crippen molar-refractivity contribution in [2.24, 2.45) is 4.99 Å². The molecule has 3 unspecified atom stereocenters. The molecule has 0 saturated heterocycles. The van der Waals surface area contributed by atoms with E-state index in [1.165, 1.54) is 7.11 Å². The number of carbonyl (C=O) groups is 1. The molecule has 6 nitrogen and oxygen atoms in total. The number of aliphatic imine (C=N–C) groups is 1. The maximum Gasteiger partial charge on any atom is 0.305 e. The summed E-state index contributed by atoms with van der Waals surface area (Å²) >= 11 is 0. The van der Waals surface area contributed by atoms with Gasteiger partial charge in [-0.05, 0) is 39.0 Å². The molecule has 1 fully saturated rings. The number of hydrogen-bond donors (Lipinski definition) is 2. The quantitative estimate of drug-likeness (QED) is 0.266. The van der Waals surface area contributed by atoms with Crippen molar-refractivity contribution >= 4 is 22.7 Å². The standard InChI is InChI=1S/C18H35N3O3S/c1-4-19-18(20-13-8-6-7-12-17(22)24-3)21-15-10-9-11-16(14-15)25(23)5-2/h15-16H,4-14H2,1-3H3,(H2,19,20,21). The van der Waals surface area contributed by atoms with Crippen LogP contribution in [0.2, 0.25) is 0 Å². The Kier molecular flexibility index (Phi) is 11.5. The number of nitrogens with one attached hydrogen (secondary N) is 2. The molecule has 0 spiro atoms. The third-order valence-corrected chi connectivity index (χ3v) is 6.24. The molecule has 0 aromatic rings. The minimum atomic E-state index is -0.705. The number of nitrogens with zero attached hydrogens (tertiary/aromatic N) is 1. The second kappa shape index (κ2) is 13.1. The lowest BCUT2D eigenvalue weighted by Gasteiger charge is -2.30. The van der Waals surface area contributed by atoms with Crippen LogP contribution in [0, 0.1) is 0 Å². The lowest BCUT2D eigenvalue weighted by Crippen LogP contribution is -2.46. The van der Waals surface area contributed by atoms with Gasteiger partial charge in [0.2, 0.25) is 0 Å². The lowest BCUT2D eigenvalue weighted by atomic mass is 9.95. The second-order valence-electron chi connectivity index (χ2n) is 6.45. The van der Waals surface area contributed by atoms with Gasteiger partial charge < -0.3 is 15.4 Å². The van der Waals surface area contributed by atoms with Gasteiger partial charge in [-0.1, -0.05) is 19.8 Å². The van der Waals surface area contributed by atoms with Crippen molar-refractivity contribution in [2.75, 3.05) is 26.0 Å². The Bertz CT molecular complexity index is 443. The molecule has 7 heteroatoms. The molecule has 1 aliphatic rings. The zero-order valence-corrected chi connectivity index (χ0v) is 16.8. The summed E-state index contributed by atoms with van der Waals surface area (Å²) in [7, 11) is 0.719. The molecule has 0 radical (unpaired) electrons. The minimum Gasteiger partial charge on any atom is -0.469 e. The van der Waals surface area contributed by atoms with Crippen LogP contribution in [-0.2, 0) is 20.3 Å². The van der Waals surface area contributed by atoms with E-state index in [2.05, 4.69) is 27.3 Å². The third kappa shape index (κ3) is 9.23. The normalized spacial score (nSPS) is 22.3. The highest BCUT2D eigenvalue weighted by Crippen LogP contribution is 2.22. The molecule has 0 heterocycles. The number of unbranched alkanes of at least 4 members (excludes halogenated alkanes) is 2. The monoisotopic (exact) mass is 373 g/mol. The van der Waals surface area contributed by atoms with Gasteiger partial charge in [-0.25, -0.2) is 0 Å². The maximum atomic E-state index is 12.1. The molecule has 0 aromatic carbocycles. The third-order valence-electron chi connectivity index (χ3n) is 4.50. The fourth-order valence-corrected chi connectivity index (χ4v) is 4.46. The number of esters is 1. The topological polar surface area (TPSA) is 79.8 Å². The Balaban J connectivity index is 2.37. The van der Waals surface area contributed by atoms with Crippen LogP contribution in [-0.4, -0.2) is 53.4 Å². The fourth-order valence-electron chi connectivity index (χ4n) is 3.11. The van der Waals surface area contributed by atoms with E-state index >= 15 is 0 Å². The smallest absolute Gasteiger partial charge is 0.305 e. The summed E-state index contributed by atoms with van der Waals surface area (Å²) in [5.41, 5.74) is 0. The number of methoxy groups -OCH3 is 1. The first-order valence-electron chi connectivity index (χ1n) is 9.59. The van der Waals surface area contributed by atoms with Crippen molar-refractivity contribution in [1.82, 2.24) is 10.6 Å². The first-order valence-corrected chi connectivity index (χ1v) is 11.0. The van der Waals surface area contributed by atoms with Crippen LogP contribution in [0.1, 0.15) is 65.2 Å². The molecule has 146 valence electrons. The van der Waals surface area contributed by atoms with Crippen molar-refractivity contribution in [2.45, 2.75) is 76.5 Å². The van der Waals surface area contributed by atoms with Crippen LogP contribution in [0.25, 0.3) is 0 Å². The second-order valence-corrected chi connectivity index (χ2v) is 8.45. The van der Waals surface area contributed by atoms with Crippen molar-refractivity contribution in [1.29, 1.82) is 0 Å². The van der Waals surface area contributed by atoms with Crippen molar-refractivity contribution in [3.8, 4) is 0 Å². The van der Waals surface area contributed by atoms with Crippen molar-refractivity contribution < 1.29 is 13.7 Å². The predicted octanol–water partition coefficient (Wildman–Crippen LogP) is 2.35. The number of hydrogen-bond acceptors (Lipinski definition) is 4. The molecule has 0 aliphatic heterocycles. The molecule has 0 amide bonds. The van der Waals surface area contributed by atoms with Crippen LogP contribution in [0.5, 0.6) is 0 Å². The van der Waals surface area contributed by atoms with Crippen LogP contribution >= 0.6 is 0 Å². The molecule has 1 aliphatic carbocycles. The molecular formula is C18H35N3O3S. The zero-order valence-electron chi connectivity index (χ0n) is 16.0. The summed E-state index contributed by atoms with van der Waals surface area (Å²) in [5, 5.41) is 7.13. The number of guanidine groups is 1. The first kappa shape index (κ1) is 21.9. The van der Waals surface area contributed by atoms with E-state index in [1.807, 2.05) is 6.92 Å². The van der Waals surface area contributed by atoms with E-state index in [0.29, 0.717) is 17.7 Å². The summed E-state index contributed by atoms with van der Waals surface area (Å²) in [6.45, 7) is 5.63. The fraction of sp³-hybridized carbons (Fsp3) is 0.889. The van der Waals surface area contributed by atoms with Gasteiger partial charge >= 0.3 is 5.97 Å². The van der Waals surface area contributed by atoms with Gasteiger partial charge in [0.25, 0.3) is 0 Å². The van der Waals surface area contributed by atoms with Crippen LogP contribution in [0.3, 0.4) is 0 Å². The number of carbonyl (C=O) groups excluding carboxylic acids is 1. The Morgan fingerprint density at radius 3 is 2.72 bits per heavy atom. The Morgan fingerprint density at radius 1 is 1.24 bits per heavy atom. The van der Waals surface area contributed by atoms with E-state index in [1.54, 1.807) is 0 Å². The van der Waals surface area contributed by atoms with Crippen LogP contribution in [0.4, 0.5) is 0 Å². The number of ether oxygens (including phenoxy) is 1. The average molecular weight is 374 g/mol. The van der Waals surface area contributed by atoms with E-state index < -0.39 is 10.8 Å². The Labute approximate surface area is 155 Å². The zero-order chi connectivity index (χ0) is 18.5. The first-order chi connectivity index (χ1) is 12.1. The highest BCUT2D eigenvalue weighted by molar-refractivity contribution is 7.85. The van der Waals surface area contributed by atoms with Gasteiger partial charge in [0.1, 0.15) is 0 Å². The molecular weight excluding hydrogens is 338 g/mol. The SMILES string of the molecule is CCNC(=NCCCCCC(=O)OC)NC1CCCC(S(=O)CC)C1. The van der Waals surface area contributed by atoms with Crippen molar-refractivity contribution in [3.05, 3.63) is 0 Å². The van der Waals surface area contributed by atoms with Crippen LogP contribution < -0.4 is 10.6 Å². The van der Waals surface area contributed by atoms with Gasteiger partial charge in [0.05, 0.1) is 7.11 Å². The van der Waals surface area contributed by atoms with E-state index in [4.69, 9.17) is 0 Å². The molecule has 1 saturated carbocycles. The van der Waals surface area contributed by atoms with E-state index in [0.717, 1.165) is 69.7 Å². The maximum absolute atomic E-state index is 12.1. The molecule has 0 bridgehead atoms. The summed E-state index contributed by atoms with van der Waals surface area (Å²) in [6.07, 6.45) is 7.54. The lowest BCUT2D eigenvalue weighted by molar-refractivity contribution is -0.140. The molecule has 3 atom stereocenters. The average Bonchev–Trinajstić information content (AvgIpc) is 2.63. The van der Waals surface area contributed by atoms with Gasteiger partial charge in [-0.15, -0.1) is 0 Å². The van der Waals surface area contributed by atoms with Crippen molar-refractivity contribution in [3.63, 3.8) is 0 Å². The van der Waals surface area contributed by atoms with Crippen LogP contribution in [0.15, 0.2) is 4.99 Å². The van der Waals surface area contributed by atoms with Gasteiger partial charge in [0, 0.05) is 47.4 Å². The molecule has 1 rings (SSSR count). The molecule has 0 aromatic heterocycles. The Hall–Kier alpha value is -1.11. The minimum absolute atomic E-state index is 0.144. The summed E-state index contributed by atoms with van der Waals surface area (Å²) in [6, 6.07) is 0.353. The van der Waals surface area contributed by atoms with Gasteiger partial charge in [-0.3, -0.25) is 14.0 Å². The predicted molar refractivity (Wildman–Crippen MR) is 104 cm³/mol. The highest BCUT2D eigenvalue weighted by Gasteiger charge is 2.25. The van der Waals surface area contributed by atoms with Gasteiger partial charge in [0.15, 0.2) is 5.96 Å². The number of rotatable bonds is 10. The summed E-state index contributed by atoms with van der Waals surface area (Å²) < 4.78 is 16.7. The largest absolute Gasteiger partial charge is 0.469 e. The molecule has 25 heavy (non-hydrogen) atoms. The van der Waals surface area contributed by atoms with E-state index in [-0.39, 0.29) is 5.97 Å².